The monoisotopic (exact) mass is 281 g/mol. The maximum atomic E-state index is 8.74. The normalized spacial score (nSPS) is 15.0. The highest BCUT2D eigenvalue weighted by Gasteiger charge is 2.11. The van der Waals surface area contributed by atoms with Gasteiger partial charge in [0.05, 0.1) is 6.54 Å². The van der Waals surface area contributed by atoms with Crippen LogP contribution in [0.15, 0.2) is 40.8 Å². The van der Waals surface area contributed by atoms with Crippen LogP contribution in [0.1, 0.15) is 29.9 Å². The first-order chi connectivity index (χ1) is 10.3. The Morgan fingerprint density at radius 1 is 1.19 bits per heavy atom. The number of likely N-dealkylation sites (tertiary alicyclic amines) is 1. The predicted molar refractivity (Wildman–Crippen MR) is 81.7 cm³/mol. The summed E-state index contributed by atoms with van der Waals surface area (Å²) in [5.41, 5.74) is 2.42. The molecule has 1 N–H and O–H groups in total. The van der Waals surface area contributed by atoms with Crippen LogP contribution in [0, 0.1) is 11.3 Å². The number of nitrogens with one attached hydrogen (secondary N) is 1. The van der Waals surface area contributed by atoms with Gasteiger partial charge in [0, 0.05) is 12.2 Å². The molecule has 0 spiro atoms. The van der Waals surface area contributed by atoms with E-state index in [1.807, 2.05) is 12.1 Å². The van der Waals surface area contributed by atoms with Crippen molar-refractivity contribution in [3.05, 3.63) is 53.5 Å². The van der Waals surface area contributed by atoms with E-state index in [2.05, 4.69) is 34.5 Å². The Bertz CT molecular complexity index is 635. The zero-order valence-corrected chi connectivity index (χ0v) is 12.0. The Balaban J connectivity index is 1.58. The van der Waals surface area contributed by atoms with Crippen molar-refractivity contribution in [2.75, 3.05) is 18.4 Å². The molecule has 1 fully saturated rings. The van der Waals surface area contributed by atoms with Gasteiger partial charge in [-0.25, -0.2) is 0 Å². The maximum Gasteiger partial charge on any atom is 0.203 e. The van der Waals surface area contributed by atoms with Gasteiger partial charge in [-0.05, 0) is 55.8 Å². The van der Waals surface area contributed by atoms with Crippen molar-refractivity contribution in [1.82, 2.24) is 4.90 Å². The van der Waals surface area contributed by atoms with Crippen LogP contribution in [0.3, 0.4) is 0 Å². The molecule has 1 aromatic carbocycles. The molecule has 1 saturated heterocycles. The Morgan fingerprint density at radius 3 is 2.81 bits per heavy atom. The second kappa shape index (κ2) is 6.47. The minimum Gasteiger partial charge on any atom is -0.449 e. The molecule has 0 bridgehead atoms. The van der Waals surface area contributed by atoms with Crippen LogP contribution in [0.25, 0.3) is 0 Å². The van der Waals surface area contributed by atoms with Crippen LogP contribution in [-0.4, -0.2) is 18.0 Å². The van der Waals surface area contributed by atoms with Crippen LogP contribution in [0.2, 0.25) is 0 Å². The molecule has 1 aromatic heterocycles. The lowest BCUT2D eigenvalue weighted by Crippen LogP contribution is -2.18. The average Bonchev–Trinajstić information content (AvgIpc) is 3.17. The van der Waals surface area contributed by atoms with Crippen molar-refractivity contribution < 1.29 is 4.42 Å². The van der Waals surface area contributed by atoms with Gasteiger partial charge in [0.15, 0.2) is 0 Å². The Kier molecular flexibility index (Phi) is 4.23. The van der Waals surface area contributed by atoms with Gasteiger partial charge in [-0.1, -0.05) is 12.1 Å². The summed E-state index contributed by atoms with van der Waals surface area (Å²) in [7, 11) is 0. The van der Waals surface area contributed by atoms with Crippen molar-refractivity contribution >= 4 is 5.69 Å². The minimum atomic E-state index is 0.356. The fraction of sp³-hybridized carbons (Fsp3) is 0.353. The van der Waals surface area contributed by atoms with Crippen LogP contribution < -0.4 is 5.32 Å². The van der Waals surface area contributed by atoms with Crippen molar-refractivity contribution in [3.8, 4) is 6.07 Å². The summed E-state index contributed by atoms with van der Waals surface area (Å²) in [6.45, 7) is 4.03. The van der Waals surface area contributed by atoms with Crippen molar-refractivity contribution in [2.24, 2.45) is 0 Å². The number of benzene rings is 1. The van der Waals surface area contributed by atoms with E-state index in [0.717, 1.165) is 18.0 Å². The molecular weight excluding hydrogens is 262 g/mol. The average molecular weight is 281 g/mol. The third-order valence-electron chi connectivity index (χ3n) is 3.77. The molecule has 0 amide bonds. The number of anilines is 1. The SMILES string of the molecule is N#Cc1ccc(CNc2cccc(CN3CCCC3)c2)o1. The van der Waals surface area contributed by atoms with E-state index in [-0.39, 0.29) is 0 Å². The Morgan fingerprint density at radius 2 is 2.05 bits per heavy atom. The van der Waals surface area contributed by atoms with Crippen molar-refractivity contribution in [3.63, 3.8) is 0 Å². The molecule has 0 unspecified atom stereocenters. The van der Waals surface area contributed by atoms with E-state index >= 15 is 0 Å². The molecule has 3 rings (SSSR count). The second-order valence-electron chi connectivity index (χ2n) is 5.41. The molecule has 1 aliphatic rings. The van der Waals surface area contributed by atoms with Crippen LogP contribution in [0.4, 0.5) is 5.69 Å². The van der Waals surface area contributed by atoms with Gasteiger partial charge in [0.2, 0.25) is 5.76 Å². The van der Waals surface area contributed by atoms with Crippen LogP contribution in [-0.2, 0) is 13.1 Å². The van der Waals surface area contributed by atoms with E-state index in [9.17, 15) is 0 Å². The lowest BCUT2D eigenvalue weighted by Gasteiger charge is -2.15. The predicted octanol–water partition coefficient (Wildman–Crippen LogP) is 3.36. The highest BCUT2D eigenvalue weighted by atomic mass is 16.3. The fourth-order valence-corrected chi connectivity index (χ4v) is 2.70. The summed E-state index contributed by atoms with van der Waals surface area (Å²) >= 11 is 0. The van der Waals surface area contributed by atoms with Gasteiger partial charge in [0.25, 0.3) is 0 Å². The first kappa shape index (κ1) is 13.7. The third-order valence-corrected chi connectivity index (χ3v) is 3.77. The largest absolute Gasteiger partial charge is 0.449 e. The highest BCUT2D eigenvalue weighted by Crippen LogP contribution is 2.17. The number of nitriles is 1. The van der Waals surface area contributed by atoms with Gasteiger partial charge in [-0.3, -0.25) is 4.90 Å². The van der Waals surface area contributed by atoms with Crippen LogP contribution >= 0.6 is 0 Å². The third kappa shape index (κ3) is 3.65. The quantitative estimate of drug-likeness (QED) is 0.913. The minimum absolute atomic E-state index is 0.356. The van der Waals surface area contributed by atoms with Crippen molar-refractivity contribution in [2.45, 2.75) is 25.9 Å². The standard InChI is InChI=1S/C17H19N3O/c18-11-16-6-7-17(21-16)12-19-15-5-3-4-14(10-15)13-20-8-1-2-9-20/h3-7,10,19H,1-2,8-9,12-13H2. The van der Waals surface area contributed by atoms with Gasteiger partial charge < -0.3 is 9.73 Å². The number of hydrogen-bond donors (Lipinski definition) is 1. The Labute approximate surface area is 125 Å². The van der Waals surface area contributed by atoms with E-state index < -0.39 is 0 Å². The molecule has 21 heavy (non-hydrogen) atoms. The molecular formula is C17H19N3O. The molecule has 4 nitrogen and oxygen atoms in total. The summed E-state index contributed by atoms with van der Waals surface area (Å²) in [5.74, 6) is 1.13. The van der Waals surface area contributed by atoms with E-state index in [4.69, 9.17) is 9.68 Å². The molecule has 1 aliphatic heterocycles. The first-order valence-electron chi connectivity index (χ1n) is 7.37. The van der Waals surface area contributed by atoms with Gasteiger partial charge >= 0.3 is 0 Å². The number of hydrogen-bond acceptors (Lipinski definition) is 4. The molecule has 0 atom stereocenters. The summed E-state index contributed by atoms with van der Waals surface area (Å²) in [6, 6.07) is 14.0. The number of nitrogens with zero attached hydrogens (tertiary/aromatic N) is 2. The topological polar surface area (TPSA) is 52.2 Å². The molecule has 0 radical (unpaired) electrons. The smallest absolute Gasteiger partial charge is 0.203 e. The summed E-state index contributed by atoms with van der Waals surface area (Å²) in [5, 5.41) is 12.1. The first-order valence-corrected chi connectivity index (χ1v) is 7.37. The zero-order valence-electron chi connectivity index (χ0n) is 12.0. The van der Waals surface area contributed by atoms with Gasteiger partial charge in [0.1, 0.15) is 11.8 Å². The molecule has 4 heteroatoms. The molecule has 108 valence electrons. The molecule has 0 saturated carbocycles. The molecule has 0 aliphatic carbocycles. The fourth-order valence-electron chi connectivity index (χ4n) is 2.70. The number of rotatable bonds is 5. The van der Waals surface area contributed by atoms with Gasteiger partial charge in [-0.2, -0.15) is 5.26 Å². The van der Waals surface area contributed by atoms with E-state index in [1.165, 1.54) is 31.5 Å². The lowest BCUT2D eigenvalue weighted by molar-refractivity contribution is 0.331. The summed E-state index contributed by atoms with van der Waals surface area (Å²) in [4.78, 5) is 2.49. The second-order valence-corrected chi connectivity index (χ2v) is 5.41. The molecule has 2 aromatic rings. The summed E-state index contributed by atoms with van der Waals surface area (Å²) < 4.78 is 5.36. The molecule has 2 heterocycles. The van der Waals surface area contributed by atoms with Crippen molar-refractivity contribution in [1.29, 1.82) is 5.26 Å². The zero-order chi connectivity index (χ0) is 14.5. The Hall–Kier alpha value is -2.25. The van der Waals surface area contributed by atoms with E-state index in [0.29, 0.717) is 12.3 Å². The maximum absolute atomic E-state index is 8.74. The highest BCUT2D eigenvalue weighted by molar-refractivity contribution is 5.46. The van der Waals surface area contributed by atoms with Crippen LogP contribution in [0.5, 0.6) is 0 Å². The lowest BCUT2D eigenvalue weighted by atomic mass is 10.2. The number of furan rings is 1. The summed E-state index contributed by atoms with van der Waals surface area (Å²) in [6.07, 6.45) is 2.63. The van der Waals surface area contributed by atoms with E-state index in [1.54, 1.807) is 6.07 Å². The van der Waals surface area contributed by atoms with Gasteiger partial charge in [-0.15, -0.1) is 0 Å².